The third-order valence-electron chi connectivity index (χ3n) is 6.61. The van der Waals surface area contributed by atoms with E-state index < -0.39 is 0 Å². The van der Waals surface area contributed by atoms with Gasteiger partial charge >= 0.3 is 0 Å². The van der Waals surface area contributed by atoms with Gasteiger partial charge in [0.15, 0.2) is 0 Å². The maximum atomic E-state index is 12.2. The van der Waals surface area contributed by atoms with Crippen LogP contribution >= 0.6 is 0 Å². The largest absolute Gasteiger partial charge is 0.369 e. The van der Waals surface area contributed by atoms with Crippen molar-refractivity contribution in [1.82, 2.24) is 0 Å². The van der Waals surface area contributed by atoms with E-state index in [-0.39, 0.29) is 16.7 Å². The molecule has 0 heterocycles. The number of rotatable bonds is 2. The van der Waals surface area contributed by atoms with Crippen LogP contribution in [0.5, 0.6) is 0 Å². The highest BCUT2D eigenvalue weighted by atomic mass is 16.1. The molecule has 1 amide bonds. The lowest BCUT2D eigenvalue weighted by atomic mass is 9.49. The predicted octanol–water partition coefficient (Wildman–Crippen LogP) is 4.31. The third-order valence-corrected chi connectivity index (χ3v) is 6.61. The Morgan fingerprint density at radius 1 is 1.27 bits per heavy atom. The van der Waals surface area contributed by atoms with E-state index in [1.807, 2.05) is 0 Å². The van der Waals surface area contributed by atoms with Crippen molar-refractivity contribution in [1.29, 1.82) is 0 Å². The van der Waals surface area contributed by atoms with Crippen LogP contribution in [0.15, 0.2) is 18.2 Å². The lowest BCUT2D eigenvalue weighted by Gasteiger charge is -2.54. The first-order chi connectivity index (χ1) is 10.3. The monoisotopic (exact) mass is 299 g/mol. The zero-order valence-electron chi connectivity index (χ0n) is 14.4. The fourth-order valence-corrected chi connectivity index (χ4v) is 5.17. The smallest absolute Gasteiger partial charge is 0.223 e. The van der Waals surface area contributed by atoms with Crippen molar-refractivity contribution in [3.8, 4) is 0 Å². The van der Waals surface area contributed by atoms with Crippen LogP contribution in [0.3, 0.4) is 0 Å². The molecule has 1 saturated carbocycles. The van der Waals surface area contributed by atoms with Crippen LogP contribution in [-0.4, -0.2) is 5.91 Å². The standard InChI is InChI=1S/C20H29NO/c1-13(2)14-6-8-16-15(12-14)7-9-17-19(16,3)10-5-11-20(17,4)18(21)22/h6,8,12-13,17H,5,7,9-11H2,1-4H3,(H2,21,22)/t17-,19+,20+/m1/s1. The van der Waals surface area contributed by atoms with Gasteiger partial charge < -0.3 is 5.73 Å². The van der Waals surface area contributed by atoms with Gasteiger partial charge in [-0.1, -0.05) is 52.3 Å². The maximum absolute atomic E-state index is 12.2. The molecule has 2 heteroatoms. The number of amides is 1. The molecule has 0 spiro atoms. The molecule has 1 aromatic carbocycles. The Morgan fingerprint density at radius 2 is 2.00 bits per heavy atom. The first-order valence-electron chi connectivity index (χ1n) is 8.72. The minimum Gasteiger partial charge on any atom is -0.369 e. The lowest BCUT2D eigenvalue weighted by Crippen LogP contribution is -2.54. The predicted molar refractivity (Wildman–Crippen MR) is 90.8 cm³/mol. The highest BCUT2D eigenvalue weighted by Crippen LogP contribution is 2.57. The summed E-state index contributed by atoms with van der Waals surface area (Å²) in [7, 11) is 0. The molecule has 0 aromatic heterocycles. The fraction of sp³-hybridized carbons (Fsp3) is 0.650. The maximum Gasteiger partial charge on any atom is 0.223 e. The molecule has 3 rings (SSSR count). The summed E-state index contributed by atoms with van der Waals surface area (Å²) in [5.41, 5.74) is 9.97. The highest BCUT2D eigenvalue weighted by Gasteiger charge is 2.54. The molecule has 0 saturated heterocycles. The minimum atomic E-state index is -0.346. The van der Waals surface area contributed by atoms with Crippen molar-refractivity contribution in [3.05, 3.63) is 34.9 Å². The number of carbonyl (C=O) groups is 1. The molecule has 0 bridgehead atoms. The number of carbonyl (C=O) groups excluding carboxylic acids is 1. The molecular formula is C20H29NO. The van der Waals surface area contributed by atoms with Crippen LogP contribution in [0.2, 0.25) is 0 Å². The first kappa shape index (κ1) is 15.6. The normalized spacial score (nSPS) is 34.1. The molecule has 0 unspecified atom stereocenters. The van der Waals surface area contributed by atoms with Gasteiger partial charge in [-0.2, -0.15) is 0 Å². The summed E-state index contributed by atoms with van der Waals surface area (Å²) in [6.45, 7) is 8.97. The van der Waals surface area contributed by atoms with Crippen molar-refractivity contribution < 1.29 is 4.79 Å². The SMILES string of the molecule is CC(C)c1ccc2c(c1)CC[C@@H]1[C@@]2(C)CCC[C@]1(C)C(N)=O. The van der Waals surface area contributed by atoms with Gasteiger partial charge in [-0.3, -0.25) is 4.79 Å². The Morgan fingerprint density at radius 3 is 2.64 bits per heavy atom. The second-order valence-corrected chi connectivity index (χ2v) is 8.22. The van der Waals surface area contributed by atoms with E-state index in [9.17, 15) is 4.79 Å². The zero-order valence-corrected chi connectivity index (χ0v) is 14.4. The average molecular weight is 299 g/mol. The number of aryl methyl sites for hydroxylation is 1. The number of fused-ring (bicyclic) bond motifs is 3. The van der Waals surface area contributed by atoms with Gasteiger partial charge in [-0.25, -0.2) is 0 Å². The van der Waals surface area contributed by atoms with Crippen molar-refractivity contribution >= 4 is 5.91 Å². The number of hydrogen-bond donors (Lipinski definition) is 1. The summed E-state index contributed by atoms with van der Waals surface area (Å²) in [6.07, 6.45) is 5.39. The van der Waals surface area contributed by atoms with Crippen molar-refractivity contribution in [2.45, 2.75) is 71.1 Å². The van der Waals surface area contributed by atoms with E-state index in [0.717, 1.165) is 25.7 Å². The molecule has 1 aromatic rings. The first-order valence-corrected chi connectivity index (χ1v) is 8.72. The van der Waals surface area contributed by atoms with E-state index in [1.54, 1.807) is 0 Å². The Bertz CT molecular complexity index is 606. The number of primary amides is 1. The second-order valence-electron chi connectivity index (χ2n) is 8.22. The Balaban J connectivity index is 2.08. The minimum absolute atomic E-state index is 0.102. The zero-order chi connectivity index (χ0) is 16.1. The molecule has 22 heavy (non-hydrogen) atoms. The van der Waals surface area contributed by atoms with Gasteiger partial charge in [0.2, 0.25) is 5.91 Å². The number of benzene rings is 1. The summed E-state index contributed by atoms with van der Waals surface area (Å²) in [5, 5.41) is 0. The molecular weight excluding hydrogens is 270 g/mol. The van der Waals surface area contributed by atoms with Crippen molar-refractivity contribution in [3.63, 3.8) is 0 Å². The molecule has 3 atom stereocenters. The Labute approximate surface area is 134 Å². The van der Waals surface area contributed by atoms with Crippen LogP contribution < -0.4 is 5.73 Å². The fourth-order valence-electron chi connectivity index (χ4n) is 5.17. The van der Waals surface area contributed by atoms with Gasteiger partial charge in [0.1, 0.15) is 0 Å². The van der Waals surface area contributed by atoms with Crippen LogP contribution in [0.4, 0.5) is 0 Å². The molecule has 1 fully saturated rings. The Kier molecular flexibility index (Phi) is 3.62. The highest BCUT2D eigenvalue weighted by molar-refractivity contribution is 5.81. The third kappa shape index (κ3) is 2.11. The van der Waals surface area contributed by atoms with Gasteiger partial charge in [0.05, 0.1) is 0 Å². The lowest BCUT2D eigenvalue weighted by molar-refractivity contribution is -0.135. The van der Waals surface area contributed by atoms with E-state index >= 15 is 0 Å². The molecule has 120 valence electrons. The average Bonchev–Trinajstić information content (AvgIpc) is 2.46. The molecule has 2 aliphatic carbocycles. The summed E-state index contributed by atoms with van der Waals surface area (Å²) in [5.74, 6) is 0.840. The van der Waals surface area contributed by atoms with Crippen LogP contribution in [0.1, 0.15) is 76.0 Å². The topological polar surface area (TPSA) is 43.1 Å². The molecule has 0 aliphatic heterocycles. The van der Waals surface area contributed by atoms with E-state index in [1.165, 1.54) is 23.1 Å². The Hall–Kier alpha value is -1.31. The van der Waals surface area contributed by atoms with E-state index in [4.69, 9.17) is 5.73 Å². The van der Waals surface area contributed by atoms with Crippen LogP contribution in [-0.2, 0) is 16.6 Å². The van der Waals surface area contributed by atoms with Gasteiger partial charge in [0, 0.05) is 5.41 Å². The van der Waals surface area contributed by atoms with Crippen molar-refractivity contribution in [2.24, 2.45) is 17.1 Å². The van der Waals surface area contributed by atoms with E-state index in [2.05, 4.69) is 45.9 Å². The van der Waals surface area contributed by atoms with Crippen LogP contribution in [0.25, 0.3) is 0 Å². The summed E-state index contributed by atoms with van der Waals surface area (Å²) in [4.78, 5) is 12.2. The number of nitrogens with two attached hydrogens (primary N) is 1. The quantitative estimate of drug-likeness (QED) is 0.869. The number of hydrogen-bond acceptors (Lipinski definition) is 1. The molecule has 2 N–H and O–H groups in total. The second kappa shape index (κ2) is 5.11. The molecule has 2 nitrogen and oxygen atoms in total. The van der Waals surface area contributed by atoms with Gasteiger partial charge in [-0.05, 0) is 59.6 Å². The van der Waals surface area contributed by atoms with Gasteiger partial charge in [-0.15, -0.1) is 0 Å². The van der Waals surface area contributed by atoms with Crippen LogP contribution in [0, 0.1) is 11.3 Å². The van der Waals surface area contributed by atoms with E-state index in [0.29, 0.717) is 11.8 Å². The summed E-state index contributed by atoms with van der Waals surface area (Å²) >= 11 is 0. The summed E-state index contributed by atoms with van der Waals surface area (Å²) < 4.78 is 0. The van der Waals surface area contributed by atoms with Crippen molar-refractivity contribution in [2.75, 3.05) is 0 Å². The van der Waals surface area contributed by atoms with Gasteiger partial charge in [0.25, 0.3) is 0 Å². The summed E-state index contributed by atoms with van der Waals surface area (Å²) in [6, 6.07) is 7.02. The molecule has 0 radical (unpaired) electrons. The molecule has 2 aliphatic rings.